The molecular weight excluding hydrogens is 304 g/mol. The van der Waals surface area contributed by atoms with E-state index in [1.807, 2.05) is 42.5 Å². The summed E-state index contributed by atoms with van der Waals surface area (Å²) in [7, 11) is 0. The van der Waals surface area contributed by atoms with Crippen LogP contribution in [-0.4, -0.2) is 17.0 Å². The molecule has 1 unspecified atom stereocenters. The summed E-state index contributed by atoms with van der Waals surface area (Å²) in [5, 5.41) is 11.0. The molecule has 4 nitrogen and oxygen atoms in total. The van der Waals surface area contributed by atoms with Gasteiger partial charge in [0.1, 0.15) is 6.10 Å². The molecule has 0 saturated heterocycles. The van der Waals surface area contributed by atoms with Crippen LogP contribution < -0.4 is 0 Å². The third-order valence-electron chi connectivity index (χ3n) is 3.86. The quantitative estimate of drug-likeness (QED) is 0.539. The summed E-state index contributed by atoms with van der Waals surface area (Å²) in [4.78, 5) is 23.5. The Kier molecular flexibility index (Phi) is 4.57. The smallest absolute Gasteiger partial charge is 0.450 e. The van der Waals surface area contributed by atoms with Crippen LogP contribution in [0.3, 0.4) is 0 Å². The van der Waals surface area contributed by atoms with Crippen molar-refractivity contribution in [2.75, 3.05) is 0 Å². The number of carboxylic acid groups (broad SMARTS) is 1. The highest BCUT2D eigenvalue weighted by Crippen LogP contribution is 2.25. The standard InChI is InChI=1S/C20H16O4/c21-18(17-11-10-14-6-4-5-9-16(14)12-17)13-19(24-20(22)23)15-7-2-1-3-8-15/h1-12,19H,13H2,(H,22,23). The molecule has 0 bridgehead atoms. The van der Waals surface area contributed by atoms with Crippen molar-refractivity contribution < 1.29 is 19.4 Å². The highest BCUT2D eigenvalue weighted by atomic mass is 16.7. The summed E-state index contributed by atoms with van der Waals surface area (Å²) in [6.07, 6.45) is -2.24. The van der Waals surface area contributed by atoms with Gasteiger partial charge >= 0.3 is 6.16 Å². The molecule has 0 heterocycles. The molecule has 0 saturated carbocycles. The fourth-order valence-electron chi connectivity index (χ4n) is 2.67. The van der Waals surface area contributed by atoms with E-state index in [0.717, 1.165) is 10.8 Å². The fraction of sp³-hybridized carbons (Fsp3) is 0.100. The molecule has 0 aromatic heterocycles. The molecule has 0 fully saturated rings. The number of rotatable bonds is 5. The Hall–Kier alpha value is -3.14. The first-order valence-corrected chi connectivity index (χ1v) is 7.60. The molecular formula is C20H16O4. The Balaban J connectivity index is 1.85. The molecule has 0 aliphatic carbocycles. The van der Waals surface area contributed by atoms with Gasteiger partial charge in [-0.1, -0.05) is 66.7 Å². The Morgan fingerprint density at radius 3 is 2.25 bits per heavy atom. The van der Waals surface area contributed by atoms with E-state index < -0.39 is 12.3 Å². The predicted octanol–water partition coefficient (Wildman–Crippen LogP) is 4.85. The van der Waals surface area contributed by atoms with Crippen molar-refractivity contribution in [3.05, 3.63) is 83.9 Å². The SMILES string of the molecule is O=C(O)OC(CC(=O)c1ccc2ccccc2c1)c1ccccc1. The van der Waals surface area contributed by atoms with Crippen molar-refractivity contribution >= 4 is 22.7 Å². The summed E-state index contributed by atoms with van der Waals surface area (Å²) >= 11 is 0. The minimum Gasteiger partial charge on any atom is -0.450 e. The first-order chi connectivity index (χ1) is 11.6. The van der Waals surface area contributed by atoms with E-state index in [9.17, 15) is 9.59 Å². The highest BCUT2D eigenvalue weighted by Gasteiger charge is 2.21. The minimum absolute atomic E-state index is 0.0331. The van der Waals surface area contributed by atoms with Crippen LogP contribution in [0, 0.1) is 0 Å². The number of hydrogen-bond donors (Lipinski definition) is 1. The molecule has 3 aromatic rings. The second kappa shape index (κ2) is 6.96. The molecule has 4 heteroatoms. The van der Waals surface area contributed by atoms with Gasteiger partial charge in [-0.2, -0.15) is 0 Å². The second-order valence-corrected chi connectivity index (χ2v) is 5.47. The van der Waals surface area contributed by atoms with Gasteiger partial charge in [-0.15, -0.1) is 0 Å². The maximum absolute atomic E-state index is 12.6. The van der Waals surface area contributed by atoms with Crippen molar-refractivity contribution in [3.8, 4) is 0 Å². The summed E-state index contributed by atoms with van der Waals surface area (Å²) in [5.74, 6) is -0.157. The van der Waals surface area contributed by atoms with Crippen LogP contribution in [-0.2, 0) is 4.74 Å². The zero-order valence-electron chi connectivity index (χ0n) is 12.9. The molecule has 0 aliphatic rings. The molecule has 1 N–H and O–H groups in total. The Bertz CT molecular complexity index is 871. The van der Waals surface area contributed by atoms with Crippen molar-refractivity contribution in [3.63, 3.8) is 0 Å². The van der Waals surface area contributed by atoms with E-state index >= 15 is 0 Å². The van der Waals surface area contributed by atoms with Crippen LogP contribution in [0.15, 0.2) is 72.8 Å². The summed E-state index contributed by atoms with van der Waals surface area (Å²) < 4.78 is 4.91. The highest BCUT2D eigenvalue weighted by molar-refractivity contribution is 6.00. The molecule has 0 spiro atoms. The average molecular weight is 320 g/mol. The molecule has 3 rings (SSSR count). The normalized spacial score (nSPS) is 11.8. The lowest BCUT2D eigenvalue weighted by atomic mass is 9.98. The van der Waals surface area contributed by atoms with E-state index in [0.29, 0.717) is 11.1 Å². The number of ether oxygens (including phenoxy) is 1. The van der Waals surface area contributed by atoms with Crippen LogP contribution >= 0.6 is 0 Å². The van der Waals surface area contributed by atoms with Crippen LogP contribution in [0.2, 0.25) is 0 Å². The lowest BCUT2D eigenvalue weighted by molar-refractivity contribution is 0.0458. The van der Waals surface area contributed by atoms with E-state index in [4.69, 9.17) is 9.84 Å². The Morgan fingerprint density at radius 2 is 1.54 bits per heavy atom. The van der Waals surface area contributed by atoms with Gasteiger partial charge in [-0.25, -0.2) is 4.79 Å². The van der Waals surface area contributed by atoms with Gasteiger partial charge in [0, 0.05) is 5.56 Å². The zero-order chi connectivity index (χ0) is 16.9. The van der Waals surface area contributed by atoms with Crippen LogP contribution in [0.5, 0.6) is 0 Å². The first-order valence-electron chi connectivity index (χ1n) is 7.60. The largest absolute Gasteiger partial charge is 0.506 e. The van der Waals surface area contributed by atoms with E-state index in [1.165, 1.54) is 0 Å². The van der Waals surface area contributed by atoms with Gasteiger partial charge in [0.05, 0.1) is 6.42 Å². The number of carbonyl (C=O) groups is 2. The van der Waals surface area contributed by atoms with Crippen LogP contribution in [0.4, 0.5) is 4.79 Å². The Labute approximate surface area is 139 Å². The number of Topliss-reactive ketones (excluding diaryl/α,β-unsaturated/α-hetero) is 1. The zero-order valence-corrected chi connectivity index (χ0v) is 12.9. The molecule has 0 aliphatic heterocycles. The lowest BCUT2D eigenvalue weighted by Crippen LogP contribution is -2.14. The van der Waals surface area contributed by atoms with Crippen LogP contribution in [0.25, 0.3) is 10.8 Å². The number of carbonyl (C=O) groups excluding carboxylic acids is 1. The summed E-state index contributed by atoms with van der Waals surface area (Å²) in [5.41, 5.74) is 1.21. The predicted molar refractivity (Wildman–Crippen MR) is 91.2 cm³/mol. The van der Waals surface area contributed by atoms with E-state index in [-0.39, 0.29) is 12.2 Å². The third kappa shape index (κ3) is 3.60. The number of benzene rings is 3. The third-order valence-corrected chi connectivity index (χ3v) is 3.86. The number of hydrogen-bond acceptors (Lipinski definition) is 3. The van der Waals surface area contributed by atoms with Crippen molar-refractivity contribution in [1.29, 1.82) is 0 Å². The molecule has 120 valence electrons. The van der Waals surface area contributed by atoms with Gasteiger partial charge in [-0.05, 0) is 22.4 Å². The van der Waals surface area contributed by atoms with Crippen LogP contribution in [0.1, 0.15) is 28.4 Å². The Morgan fingerprint density at radius 1 is 0.875 bits per heavy atom. The van der Waals surface area contributed by atoms with Gasteiger partial charge in [0.15, 0.2) is 5.78 Å². The lowest BCUT2D eigenvalue weighted by Gasteiger charge is -2.16. The molecule has 3 aromatic carbocycles. The fourth-order valence-corrected chi connectivity index (χ4v) is 2.67. The molecule has 1 atom stereocenters. The number of ketones is 1. The summed E-state index contributed by atoms with van der Waals surface area (Å²) in [6, 6.07) is 22.1. The minimum atomic E-state index is -1.39. The van der Waals surface area contributed by atoms with Gasteiger partial charge in [-0.3, -0.25) is 4.79 Å². The maximum atomic E-state index is 12.6. The molecule has 0 radical (unpaired) electrons. The second-order valence-electron chi connectivity index (χ2n) is 5.47. The molecule has 0 amide bonds. The van der Waals surface area contributed by atoms with Gasteiger partial charge < -0.3 is 9.84 Å². The van der Waals surface area contributed by atoms with Gasteiger partial charge in [0.2, 0.25) is 0 Å². The van der Waals surface area contributed by atoms with Crippen molar-refractivity contribution in [1.82, 2.24) is 0 Å². The topological polar surface area (TPSA) is 63.6 Å². The van der Waals surface area contributed by atoms with E-state index in [2.05, 4.69) is 0 Å². The van der Waals surface area contributed by atoms with Crippen molar-refractivity contribution in [2.24, 2.45) is 0 Å². The maximum Gasteiger partial charge on any atom is 0.506 e. The van der Waals surface area contributed by atoms with Crippen molar-refractivity contribution in [2.45, 2.75) is 12.5 Å². The number of fused-ring (bicyclic) bond motifs is 1. The van der Waals surface area contributed by atoms with Gasteiger partial charge in [0.25, 0.3) is 0 Å². The summed E-state index contributed by atoms with van der Waals surface area (Å²) in [6.45, 7) is 0. The molecule has 24 heavy (non-hydrogen) atoms. The monoisotopic (exact) mass is 320 g/mol. The first kappa shape index (κ1) is 15.7. The average Bonchev–Trinajstić information content (AvgIpc) is 2.61. The van der Waals surface area contributed by atoms with E-state index in [1.54, 1.807) is 30.3 Å².